The highest BCUT2D eigenvalue weighted by molar-refractivity contribution is 5.97. The minimum absolute atomic E-state index is 0.0257. The summed E-state index contributed by atoms with van der Waals surface area (Å²) in [6.45, 7) is 4.61. The zero-order valence-electron chi connectivity index (χ0n) is 17.2. The number of anilines is 1. The van der Waals surface area contributed by atoms with Crippen molar-refractivity contribution in [3.05, 3.63) is 69.5 Å². The van der Waals surface area contributed by atoms with Crippen LogP contribution in [-0.4, -0.2) is 35.4 Å². The molecule has 0 aliphatic rings. The van der Waals surface area contributed by atoms with E-state index < -0.39 is 46.9 Å². The monoisotopic (exact) mass is 431 g/mol. The standard InChI is InChI=1S/C21H22FN3O6/c1-12(2)19(24-20(27)14-6-4-13(3)5-7-14)21(28)31-11-18(26)23-15-8-9-16(22)17(10-15)25(29)30/h4-10,12,19H,11H2,1-3H3,(H,23,26)(H,24,27)/t19-/m0/s1. The van der Waals surface area contributed by atoms with Gasteiger partial charge >= 0.3 is 11.7 Å². The van der Waals surface area contributed by atoms with Crippen molar-refractivity contribution in [2.75, 3.05) is 11.9 Å². The number of nitrogens with zero attached hydrogens (tertiary/aromatic N) is 1. The second kappa shape index (κ2) is 10.3. The van der Waals surface area contributed by atoms with E-state index in [1.807, 2.05) is 6.92 Å². The van der Waals surface area contributed by atoms with Gasteiger partial charge in [-0.05, 0) is 37.1 Å². The predicted molar refractivity (Wildman–Crippen MR) is 110 cm³/mol. The number of nitrogens with one attached hydrogen (secondary N) is 2. The van der Waals surface area contributed by atoms with E-state index in [1.54, 1.807) is 38.1 Å². The number of hydrogen-bond acceptors (Lipinski definition) is 6. The molecular weight excluding hydrogens is 409 g/mol. The minimum Gasteiger partial charge on any atom is -0.454 e. The normalized spacial score (nSPS) is 11.5. The van der Waals surface area contributed by atoms with E-state index in [0.717, 1.165) is 23.8 Å². The van der Waals surface area contributed by atoms with E-state index >= 15 is 0 Å². The van der Waals surface area contributed by atoms with Gasteiger partial charge in [0.15, 0.2) is 6.61 Å². The summed E-state index contributed by atoms with van der Waals surface area (Å²) in [5.74, 6) is -3.40. The Balaban J connectivity index is 1.96. The van der Waals surface area contributed by atoms with Crippen molar-refractivity contribution in [3.63, 3.8) is 0 Å². The number of amides is 2. The Kier molecular flexibility index (Phi) is 7.78. The van der Waals surface area contributed by atoms with Crippen molar-refractivity contribution in [1.82, 2.24) is 5.32 Å². The maximum Gasteiger partial charge on any atom is 0.329 e. The molecule has 31 heavy (non-hydrogen) atoms. The smallest absolute Gasteiger partial charge is 0.329 e. The quantitative estimate of drug-likeness (QED) is 0.376. The van der Waals surface area contributed by atoms with Crippen molar-refractivity contribution in [2.24, 2.45) is 5.92 Å². The first kappa shape index (κ1) is 23.5. The lowest BCUT2D eigenvalue weighted by Gasteiger charge is -2.20. The minimum atomic E-state index is -1.04. The first-order valence-electron chi connectivity index (χ1n) is 9.36. The number of hydrogen-bond donors (Lipinski definition) is 2. The fraction of sp³-hybridized carbons (Fsp3) is 0.286. The van der Waals surface area contributed by atoms with Gasteiger partial charge in [0.25, 0.3) is 11.8 Å². The average Bonchev–Trinajstić information content (AvgIpc) is 2.71. The van der Waals surface area contributed by atoms with Crippen LogP contribution in [0.25, 0.3) is 0 Å². The van der Waals surface area contributed by atoms with Gasteiger partial charge in [-0.15, -0.1) is 0 Å². The Morgan fingerprint density at radius 2 is 1.77 bits per heavy atom. The summed E-state index contributed by atoms with van der Waals surface area (Å²) in [6, 6.07) is 8.63. The molecule has 0 spiro atoms. The largest absolute Gasteiger partial charge is 0.454 e. The molecule has 2 rings (SSSR count). The number of ether oxygens (including phenoxy) is 1. The SMILES string of the molecule is Cc1ccc(C(=O)N[C@H](C(=O)OCC(=O)Nc2ccc(F)c([N+](=O)[O-])c2)C(C)C)cc1. The van der Waals surface area contributed by atoms with E-state index in [1.165, 1.54) is 0 Å². The zero-order chi connectivity index (χ0) is 23.1. The Hall–Kier alpha value is -3.82. The van der Waals surface area contributed by atoms with Gasteiger partial charge < -0.3 is 15.4 Å². The summed E-state index contributed by atoms with van der Waals surface area (Å²) < 4.78 is 18.3. The molecule has 0 saturated heterocycles. The van der Waals surface area contributed by atoms with Gasteiger partial charge in [-0.3, -0.25) is 19.7 Å². The van der Waals surface area contributed by atoms with Crippen LogP contribution in [0.1, 0.15) is 29.8 Å². The average molecular weight is 431 g/mol. The molecule has 10 heteroatoms. The third-order valence-corrected chi connectivity index (χ3v) is 4.29. The first-order valence-corrected chi connectivity index (χ1v) is 9.36. The summed E-state index contributed by atoms with van der Waals surface area (Å²) in [7, 11) is 0. The van der Waals surface area contributed by atoms with E-state index in [9.17, 15) is 28.9 Å². The third kappa shape index (κ3) is 6.59. The molecule has 2 aromatic carbocycles. The Morgan fingerprint density at radius 3 is 2.35 bits per heavy atom. The van der Waals surface area contributed by atoms with Crippen LogP contribution in [0.5, 0.6) is 0 Å². The number of halogens is 1. The van der Waals surface area contributed by atoms with Gasteiger partial charge in [-0.1, -0.05) is 31.5 Å². The number of carbonyl (C=O) groups is 3. The fourth-order valence-electron chi connectivity index (χ4n) is 2.58. The van der Waals surface area contributed by atoms with Gasteiger partial charge in [0.1, 0.15) is 6.04 Å². The highest BCUT2D eigenvalue weighted by Gasteiger charge is 2.27. The van der Waals surface area contributed by atoms with Gasteiger partial charge in [0.05, 0.1) is 4.92 Å². The summed E-state index contributed by atoms with van der Waals surface area (Å²) >= 11 is 0. The van der Waals surface area contributed by atoms with Crippen molar-refractivity contribution in [2.45, 2.75) is 26.8 Å². The number of nitro benzene ring substituents is 1. The zero-order valence-corrected chi connectivity index (χ0v) is 17.2. The second-order valence-corrected chi connectivity index (χ2v) is 7.14. The van der Waals surface area contributed by atoms with E-state index in [2.05, 4.69) is 10.6 Å². The van der Waals surface area contributed by atoms with Crippen molar-refractivity contribution in [1.29, 1.82) is 0 Å². The Bertz CT molecular complexity index is 991. The van der Waals surface area contributed by atoms with Crippen LogP contribution in [0.4, 0.5) is 15.8 Å². The van der Waals surface area contributed by atoms with Gasteiger partial charge in [-0.2, -0.15) is 4.39 Å². The topological polar surface area (TPSA) is 128 Å². The van der Waals surface area contributed by atoms with Gasteiger partial charge in [0.2, 0.25) is 5.82 Å². The van der Waals surface area contributed by atoms with Crippen LogP contribution in [0.3, 0.4) is 0 Å². The van der Waals surface area contributed by atoms with Crippen LogP contribution >= 0.6 is 0 Å². The predicted octanol–water partition coefficient (Wildman–Crippen LogP) is 2.98. The lowest BCUT2D eigenvalue weighted by molar-refractivity contribution is -0.387. The van der Waals surface area contributed by atoms with Crippen LogP contribution < -0.4 is 10.6 Å². The molecule has 0 aliphatic carbocycles. The fourth-order valence-corrected chi connectivity index (χ4v) is 2.58. The summed E-state index contributed by atoms with van der Waals surface area (Å²) in [5.41, 5.74) is 0.532. The molecule has 0 aromatic heterocycles. The van der Waals surface area contributed by atoms with E-state index in [4.69, 9.17) is 4.74 Å². The summed E-state index contributed by atoms with van der Waals surface area (Å²) in [6.07, 6.45) is 0. The van der Waals surface area contributed by atoms with E-state index in [-0.39, 0.29) is 11.6 Å². The summed E-state index contributed by atoms with van der Waals surface area (Å²) in [5, 5.41) is 15.6. The molecule has 2 amide bonds. The van der Waals surface area contributed by atoms with Gasteiger partial charge in [-0.25, -0.2) is 4.79 Å². The summed E-state index contributed by atoms with van der Waals surface area (Å²) in [4.78, 5) is 46.6. The van der Waals surface area contributed by atoms with E-state index in [0.29, 0.717) is 5.56 Å². The number of aryl methyl sites for hydroxylation is 1. The molecule has 0 bridgehead atoms. The van der Waals surface area contributed by atoms with Gasteiger partial charge in [0, 0.05) is 17.3 Å². The molecule has 0 aliphatic heterocycles. The van der Waals surface area contributed by atoms with Crippen molar-refractivity contribution >= 4 is 29.2 Å². The van der Waals surface area contributed by atoms with Crippen molar-refractivity contribution < 1.29 is 28.4 Å². The maximum absolute atomic E-state index is 13.4. The lowest BCUT2D eigenvalue weighted by Crippen LogP contribution is -2.45. The maximum atomic E-state index is 13.4. The molecule has 2 N–H and O–H groups in total. The lowest BCUT2D eigenvalue weighted by atomic mass is 10.0. The second-order valence-electron chi connectivity index (χ2n) is 7.14. The Labute approximate surface area is 177 Å². The Morgan fingerprint density at radius 1 is 1.13 bits per heavy atom. The number of esters is 1. The molecule has 0 heterocycles. The molecule has 0 unspecified atom stereocenters. The highest BCUT2D eigenvalue weighted by Crippen LogP contribution is 2.21. The first-order chi connectivity index (χ1) is 14.6. The molecule has 2 aromatic rings. The highest BCUT2D eigenvalue weighted by atomic mass is 19.1. The molecule has 0 fully saturated rings. The number of carbonyl (C=O) groups excluding carboxylic acids is 3. The third-order valence-electron chi connectivity index (χ3n) is 4.29. The molecule has 9 nitrogen and oxygen atoms in total. The molecule has 1 atom stereocenters. The number of nitro groups is 1. The van der Waals surface area contributed by atoms with Crippen molar-refractivity contribution in [3.8, 4) is 0 Å². The molecule has 0 radical (unpaired) electrons. The molecule has 164 valence electrons. The van der Waals surface area contributed by atoms with Crippen LogP contribution in [0, 0.1) is 28.8 Å². The number of rotatable bonds is 8. The molecular formula is C21H22FN3O6. The van der Waals surface area contributed by atoms with Crippen LogP contribution in [0.15, 0.2) is 42.5 Å². The van der Waals surface area contributed by atoms with Crippen LogP contribution in [0.2, 0.25) is 0 Å². The molecule has 0 saturated carbocycles. The number of benzene rings is 2. The van der Waals surface area contributed by atoms with Crippen LogP contribution in [-0.2, 0) is 14.3 Å².